The lowest BCUT2D eigenvalue weighted by Crippen LogP contribution is -2.51. The van der Waals surface area contributed by atoms with Gasteiger partial charge in [0, 0.05) is 32.2 Å². The van der Waals surface area contributed by atoms with Crippen LogP contribution in [0.5, 0.6) is 0 Å². The minimum Gasteiger partial charge on any atom is -0.341 e. The third-order valence-corrected chi connectivity index (χ3v) is 4.15. The fourth-order valence-corrected chi connectivity index (χ4v) is 3.08. The molecular weight excluding hydrogens is 256 g/mol. The van der Waals surface area contributed by atoms with E-state index in [1.807, 2.05) is 9.80 Å². The van der Waals surface area contributed by atoms with Crippen LogP contribution in [-0.4, -0.2) is 60.0 Å². The molecule has 1 atom stereocenters. The maximum atomic E-state index is 12.2. The summed E-state index contributed by atoms with van der Waals surface area (Å²) >= 11 is 0. The number of carbonyl (C=O) groups is 2. The van der Waals surface area contributed by atoms with Crippen LogP contribution in [0, 0.1) is 5.92 Å². The highest BCUT2D eigenvalue weighted by atomic mass is 16.2. The van der Waals surface area contributed by atoms with Crippen molar-refractivity contribution in [3.05, 3.63) is 0 Å². The largest absolute Gasteiger partial charge is 0.341 e. The molecule has 0 saturated carbocycles. The van der Waals surface area contributed by atoms with E-state index in [1.165, 1.54) is 0 Å². The van der Waals surface area contributed by atoms with E-state index in [4.69, 9.17) is 5.73 Å². The van der Waals surface area contributed by atoms with Gasteiger partial charge >= 0.3 is 6.03 Å². The number of nitrogens with one attached hydrogen (secondary N) is 1. The van der Waals surface area contributed by atoms with E-state index in [9.17, 15) is 9.59 Å². The van der Waals surface area contributed by atoms with E-state index in [2.05, 4.69) is 19.2 Å². The summed E-state index contributed by atoms with van der Waals surface area (Å²) in [6.07, 6.45) is 2.44. The third kappa shape index (κ3) is 3.42. The number of hydrogen-bond donors (Lipinski definition) is 2. The Kier molecular flexibility index (Phi) is 4.86. The second kappa shape index (κ2) is 6.43. The van der Waals surface area contributed by atoms with Gasteiger partial charge in [-0.05, 0) is 25.2 Å². The van der Waals surface area contributed by atoms with Gasteiger partial charge < -0.3 is 20.9 Å². The average Bonchev–Trinajstić information content (AvgIpc) is 2.83. The Balaban J connectivity index is 1.81. The fourth-order valence-electron chi connectivity index (χ4n) is 3.08. The molecule has 3 amide bonds. The van der Waals surface area contributed by atoms with Crippen molar-refractivity contribution in [2.75, 3.05) is 26.2 Å². The van der Waals surface area contributed by atoms with Crippen molar-refractivity contribution in [2.45, 2.75) is 45.2 Å². The Morgan fingerprint density at radius 1 is 1.35 bits per heavy atom. The predicted octanol–water partition coefficient (Wildman–Crippen LogP) is 0.376. The maximum Gasteiger partial charge on any atom is 0.317 e. The zero-order chi connectivity index (χ0) is 14.7. The molecule has 0 bridgehead atoms. The molecule has 114 valence electrons. The molecule has 0 radical (unpaired) electrons. The number of piperidine rings is 1. The molecule has 0 spiro atoms. The number of likely N-dealkylation sites (tertiary alicyclic amines) is 1. The lowest BCUT2D eigenvalue weighted by Gasteiger charge is -2.37. The first-order chi connectivity index (χ1) is 9.49. The lowest BCUT2D eigenvalue weighted by atomic mass is 10.00. The van der Waals surface area contributed by atoms with Crippen LogP contribution in [0.25, 0.3) is 0 Å². The molecule has 2 rings (SSSR count). The molecule has 0 aromatic rings. The summed E-state index contributed by atoms with van der Waals surface area (Å²) in [5, 5.41) is 2.83. The van der Waals surface area contributed by atoms with Crippen LogP contribution in [-0.2, 0) is 4.79 Å². The first-order valence-corrected chi connectivity index (χ1v) is 7.58. The van der Waals surface area contributed by atoms with Crippen molar-refractivity contribution in [1.29, 1.82) is 0 Å². The Morgan fingerprint density at radius 3 is 2.50 bits per heavy atom. The van der Waals surface area contributed by atoms with Gasteiger partial charge in [-0.15, -0.1) is 0 Å². The summed E-state index contributed by atoms with van der Waals surface area (Å²) in [5.74, 6) is 0.489. The number of rotatable bonds is 4. The summed E-state index contributed by atoms with van der Waals surface area (Å²) in [6, 6.07) is -0.0872. The molecule has 2 aliphatic rings. The normalized spacial score (nSPS) is 22.3. The van der Waals surface area contributed by atoms with Crippen molar-refractivity contribution >= 4 is 11.9 Å². The third-order valence-electron chi connectivity index (χ3n) is 4.15. The number of amides is 3. The first kappa shape index (κ1) is 15.1. The van der Waals surface area contributed by atoms with Gasteiger partial charge in [0.25, 0.3) is 0 Å². The molecule has 2 aliphatic heterocycles. The minimum absolute atomic E-state index is 0.0336. The SMILES string of the molecule is CC(C)C[C@H](N)C(=O)N1CCC(N2CCNC2=O)CC1. The summed E-state index contributed by atoms with van der Waals surface area (Å²) in [5.41, 5.74) is 5.96. The first-order valence-electron chi connectivity index (χ1n) is 7.58. The summed E-state index contributed by atoms with van der Waals surface area (Å²) in [6.45, 7) is 7.08. The quantitative estimate of drug-likeness (QED) is 0.782. The van der Waals surface area contributed by atoms with Crippen LogP contribution < -0.4 is 11.1 Å². The molecule has 6 heteroatoms. The van der Waals surface area contributed by atoms with Gasteiger partial charge in [0.05, 0.1) is 6.04 Å². The van der Waals surface area contributed by atoms with Crippen LogP contribution in [0.3, 0.4) is 0 Å². The van der Waals surface area contributed by atoms with Gasteiger partial charge in [-0.3, -0.25) is 4.79 Å². The zero-order valence-electron chi connectivity index (χ0n) is 12.5. The van der Waals surface area contributed by atoms with Gasteiger partial charge in [-0.1, -0.05) is 13.8 Å². The fraction of sp³-hybridized carbons (Fsp3) is 0.857. The minimum atomic E-state index is -0.387. The zero-order valence-corrected chi connectivity index (χ0v) is 12.5. The molecule has 0 aromatic carbocycles. The molecule has 0 unspecified atom stereocenters. The second-order valence-electron chi connectivity index (χ2n) is 6.22. The Labute approximate surface area is 120 Å². The van der Waals surface area contributed by atoms with Crippen molar-refractivity contribution < 1.29 is 9.59 Å². The van der Waals surface area contributed by atoms with Crippen LogP contribution in [0.15, 0.2) is 0 Å². The van der Waals surface area contributed by atoms with Crippen molar-refractivity contribution in [3.8, 4) is 0 Å². The molecule has 6 nitrogen and oxygen atoms in total. The number of nitrogens with zero attached hydrogens (tertiary/aromatic N) is 2. The maximum absolute atomic E-state index is 12.2. The smallest absolute Gasteiger partial charge is 0.317 e. The lowest BCUT2D eigenvalue weighted by molar-refractivity contribution is -0.134. The molecular formula is C14H26N4O2. The van der Waals surface area contributed by atoms with E-state index in [-0.39, 0.29) is 24.0 Å². The van der Waals surface area contributed by atoms with Gasteiger partial charge in [0.2, 0.25) is 5.91 Å². The van der Waals surface area contributed by atoms with E-state index in [0.29, 0.717) is 19.0 Å². The molecule has 20 heavy (non-hydrogen) atoms. The Hall–Kier alpha value is -1.30. The van der Waals surface area contributed by atoms with E-state index in [0.717, 1.165) is 32.4 Å². The molecule has 2 saturated heterocycles. The highest BCUT2D eigenvalue weighted by Gasteiger charge is 2.32. The predicted molar refractivity (Wildman–Crippen MR) is 77.1 cm³/mol. The van der Waals surface area contributed by atoms with Gasteiger partial charge in [-0.2, -0.15) is 0 Å². The average molecular weight is 282 g/mol. The van der Waals surface area contributed by atoms with Crippen molar-refractivity contribution in [3.63, 3.8) is 0 Å². The number of hydrogen-bond acceptors (Lipinski definition) is 3. The van der Waals surface area contributed by atoms with E-state index >= 15 is 0 Å². The Morgan fingerprint density at radius 2 is 2.00 bits per heavy atom. The van der Waals surface area contributed by atoms with Crippen molar-refractivity contribution in [2.24, 2.45) is 11.7 Å². The van der Waals surface area contributed by atoms with Crippen LogP contribution in [0.2, 0.25) is 0 Å². The van der Waals surface area contributed by atoms with Gasteiger partial charge in [-0.25, -0.2) is 4.79 Å². The van der Waals surface area contributed by atoms with Gasteiger partial charge in [0.15, 0.2) is 0 Å². The monoisotopic (exact) mass is 282 g/mol. The summed E-state index contributed by atoms with van der Waals surface area (Å²) < 4.78 is 0. The number of urea groups is 1. The Bertz CT molecular complexity index is 364. The molecule has 0 aromatic heterocycles. The van der Waals surface area contributed by atoms with Crippen molar-refractivity contribution in [1.82, 2.24) is 15.1 Å². The molecule has 2 heterocycles. The molecule has 3 N–H and O–H groups in total. The second-order valence-corrected chi connectivity index (χ2v) is 6.22. The summed E-state index contributed by atoms with van der Waals surface area (Å²) in [7, 11) is 0. The summed E-state index contributed by atoms with van der Waals surface area (Å²) in [4.78, 5) is 27.6. The number of nitrogens with two attached hydrogens (primary N) is 1. The molecule has 2 fully saturated rings. The van der Waals surface area contributed by atoms with E-state index < -0.39 is 0 Å². The van der Waals surface area contributed by atoms with Crippen LogP contribution in [0.1, 0.15) is 33.1 Å². The highest BCUT2D eigenvalue weighted by molar-refractivity contribution is 5.81. The topological polar surface area (TPSA) is 78.7 Å². The molecule has 0 aliphatic carbocycles. The van der Waals surface area contributed by atoms with Crippen LogP contribution in [0.4, 0.5) is 4.79 Å². The standard InChI is InChI=1S/C14H26N4O2/c1-10(2)9-12(15)13(19)17-6-3-11(4-7-17)18-8-5-16-14(18)20/h10-12H,3-9,15H2,1-2H3,(H,16,20)/t12-/m0/s1. The van der Waals surface area contributed by atoms with Gasteiger partial charge in [0.1, 0.15) is 0 Å². The van der Waals surface area contributed by atoms with E-state index in [1.54, 1.807) is 0 Å². The van der Waals surface area contributed by atoms with Crippen LogP contribution >= 0.6 is 0 Å². The highest BCUT2D eigenvalue weighted by Crippen LogP contribution is 2.19. The number of carbonyl (C=O) groups excluding carboxylic acids is 2.